The second-order valence-electron chi connectivity index (χ2n) is 9.27. The number of nitrogens with zero attached hydrogens (tertiary/aromatic N) is 5. The summed E-state index contributed by atoms with van der Waals surface area (Å²) in [7, 11) is 1.91. The summed E-state index contributed by atoms with van der Waals surface area (Å²) in [6.07, 6.45) is 6.66. The first-order chi connectivity index (χ1) is 14.8. The van der Waals surface area contributed by atoms with Gasteiger partial charge in [-0.25, -0.2) is 4.79 Å². The number of nitrogens with one attached hydrogen (secondary N) is 1. The van der Waals surface area contributed by atoms with Crippen LogP contribution in [0.4, 0.5) is 4.79 Å². The number of piperidine rings is 1. The molecule has 0 saturated carbocycles. The van der Waals surface area contributed by atoms with Crippen molar-refractivity contribution in [3.8, 4) is 0 Å². The third-order valence-corrected chi connectivity index (χ3v) is 5.50. The summed E-state index contributed by atoms with van der Waals surface area (Å²) < 4.78 is 13.4. The predicted molar refractivity (Wildman–Crippen MR) is 135 cm³/mol. The Morgan fingerprint density at radius 2 is 2.12 bits per heavy atom. The number of amides is 1. The van der Waals surface area contributed by atoms with Crippen LogP contribution >= 0.6 is 24.0 Å². The molecule has 2 unspecified atom stereocenters. The normalized spacial score (nSPS) is 22.3. The van der Waals surface area contributed by atoms with Gasteiger partial charge in [-0.1, -0.05) is 0 Å². The maximum Gasteiger partial charge on any atom is 0.410 e. The topological polar surface area (TPSA) is 84.2 Å². The quantitative estimate of drug-likeness (QED) is 0.345. The standard InChI is InChI=1S/C22H38N6O3.HI/c1-6-23-20(27-11-12-30-19(16-27)17-13-25-26(5)15-17)24-14-18-9-7-8-10-28(18)21(29)31-22(2,3)4;/h13,15,18-19H,6-12,14,16H2,1-5H3,(H,23,24);1H. The number of hydrogen-bond acceptors (Lipinski definition) is 5. The van der Waals surface area contributed by atoms with Crippen molar-refractivity contribution in [1.29, 1.82) is 0 Å². The molecule has 32 heavy (non-hydrogen) atoms. The summed E-state index contributed by atoms with van der Waals surface area (Å²) in [5.41, 5.74) is 0.582. The first-order valence-corrected chi connectivity index (χ1v) is 11.4. The van der Waals surface area contributed by atoms with Gasteiger partial charge < -0.3 is 24.6 Å². The van der Waals surface area contributed by atoms with Crippen molar-refractivity contribution in [3.63, 3.8) is 0 Å². The Morgan fingerprint density at radius 3 is 2.78 bits per heavy atom. The molecule has 2 fully saturated rings. The fraction of sp³-hybridized carbons (Fsp3) is 0.773. The lowest BCUT2D eigenvalue weighted by Crippen LogP contribution is -2.50. The van der Waals surface area contributed by atoms with Gasteiger partial charge in [-0.3, -0.25) is 9.67 Å². The van der Waals surface area contributed by atoms with Gasteiger partial charge in [0.25, 0.3) is 0 Å². The number of aliphatic imine (C=N–C) groups is 1. The van der Waals surface area contributed by atoms with E-state index in [1.807, 2.05) is 45.1 Å². The number of guanidine groups is 1. The minimum atomic E-state index is -0.494. The molecule has 0 aromatic carbocycles. The van der Waals surface area contributed by atoms with Gasteiger partial charge in [0.2, 0.25) is 0 Å². The van der Waals surface area contributed by atoms with Gasteiger partial charge in [-0.15, -0.1) is 24.0 Å². The van der Waals surface area contributed by atoms with E-state index in [1.165, 1.54) is 0 Å². The Balaban J connectivity index is 0.00000363. The molecule has 1 aromatic rings. The van der Waals surface area contributed by atoms with Gasteiger partial charge in [0, 0.05) is 38.4 Å². The van der Waals surface area contributed by atoms with Crippen LogP contribution in [-0.2, 0) is 16.5 Å². The number of hydrogen-bond donors (Lipinski definition) is 1. The van der Waals surface area contributed by atoms with Gasteiger partial charge in [0.15, 0.2) is 5.96 Å². The van der Waals surface area contributed by atoms with Gasteiger partial charge >= 0.3 is 6.09 Å². The monoisotopic (exact) mass is 562 g/mol. The highest BCUT2D eigenvalue weighted by Crippen LogP contribution is 2.23. The van der Waals surface area contributed by atoms with E-state index in [1.54, 1.807) is 4.68 Å². The van der Waals surface area contributed by atoms with Gasteiger partial charge in [0.05, 0.1) is 31.9 Å². The minimum absolute atomic E-state index is 0. The van der Waals surface area contributed by atoms with E-state index in [2.05, 4.69) is 22.2 Å². The Kier molecular flexibility index (Phi) is 10.1. The van der Waals surface area contributed by atoms with Crippen molar-refractivity contribution in [2.24, 2.45) is 12.0 Å². The van der Waals surface area contributed by atoms with E-state index < -0.39 is 5.60 Å². The fourth-order valence-electron chi connectivity index (χ4n) is 4.02. The van der Waals surface area contributed by atoms with Crippen molar-refractivity contribution in [1.82, 2.24) is 24.9 Å². The van der Waals surface area contributed by atoms with Crippen LogP contribution in [0.25, 0.3) is 0 Å². The molecule has 1 amide bonds. The lowest BCUT2D eigenvalue weighted by atomic mass is 10.0. The molecule has 2 saturated heterocycles. The second kappa shape index (κ2) is 12.1. The van der Waals surface area contributed by atoms with Crippen LogP contribution in [0.1, 0.15) is 58.6 Å². The minimum Gasteiger partial charge on any atom is -0.444 e. The Hall–Kier alpha value is -1.56. The van der Waals surface area contributed by atoms with Gasteiger partial charge in [-0.2, -0.15) is 5.10 Å². The molecule has 0 spiro atoms. The summed E-state index contributed by atoms with van der Waals surface area (Å²) in [5.74, 6) is 0.870. The number of ether oxygens (including phenoxy) is 2. The van der Waals surface area contributed by atoms with Crippen molar-refractivity contribution in [3.05, 3.63) is 18.0 Å². The van der Waals surface area contributed by atoms with E-state index in [-0.39, 0.29) is 42.2 Å². The molecule has 182 valence electrons. The Labute approximate surface area is 208 Å². The molecule has 3 heterocycles. The molecule has 3 rings (SSSR count). The molecule has 1 N–H and O–H groups in total. The lowest BCUT2D eigenvalue weighted by Gasteiger charge is -2.37. The number of rotatable bonds is 4. The van der Waals surface area contributed by atoms with Crippen molar-refractivity contribution in [2.45, 2.75) is 64.7 Å². The third kappa shape index (κ3) is 7.50. The number of aryl methyl sites for hydroxylation is 1. The van der Waals surface area contributed by atoms with E-state index in [4.69, 9.17) is 14.5 Å². The maximum atomic E-state index is 12.7. The third-order valence-electron chi connectivity index (χ3n) is 5.50. The highest BCUT2D eigenvalue weighted by Gasteiger charge is 2.31. The molecule has 9 nitrogen and oxygen atoms in total. The van der Waals surface area contributed by atoms with Crippen LogP contribution in [0.5, 0.6) is 0 Å². The Morgan fingerprint density at radius 1 is 1.34 bits per heavy atom. The van der Waals surface area contributed by atoms with Crippen LogP contribution in [0.15, 0.2) is 17.4 Å². The van der Waals surface area contributed by atoms with Crippen molar-refractivity contribution < 1.29 is 14.3 Å². The fourth-order valence-corrected chi connectivity index (χ4v) is 4.02. The van der Waals surface area contributed by atoms with E-state index in [0.717, 1.165) is 57.0 Å². The molecular formula is C22H39IN6O3. The number of carbonyl (C=O) groups excluding carboxylic acids is 1. The predicted octanol–water partition coefficient (Wildman–Crippen LogP) is 3.17. The van der Waals surface area contributed by atoms with E-state index in [0.29, 0.717) is 13.2 Å². The summed E-state index contributed by atoms with van der Waals surface area (Å²) in [4.78, 5) is 21.7. The SMILES string of the molecule is CCNC(=NCC1CCCCN1C(=O)OC(C)(C)C)N1CCOC(c2cnn(C)c2)C1.I. The van der Waals surface area contributed by atoms with Crippen LogP contribution in [0.2, 0.25) is 0 Å². The molecule has 2 aliphatic rings. The number of likely N-dealkylation sites (tertiary alicyclic amines) is 1. The highest BCUT2D eigenvalue weighted by molar-refractivity contribution is 14.0. The lowest BCUT2D eigenvalue weighted by molar-refractivity contribution is -0.00816. The largest absolute Gasteiger partial charge is 0.444 e. The number of aromatic nitrogens is 2. The number of halogens is 1. The smallest absolute Gasteiger partial charge is 0.410 e. The van der Waals surface area contributed by atoms with Crippen LogP contribution in [0.3, 0.4) is 0 Å². The molecule has 0 bridgehead atoms. The summed E-state index contributed by atoms with van der Waals surface area (Å²) in [6.45, 7) is 12.0. The summed E-state index contributed by atoms with van der Waals surface area (Å²) in [5, 5.41) is 7.68. The molecular weight excluding hydrogens is 523 g/mol. The zero-order valence-corrected chi connectivity index (χ0v) is 22.4. The molecule has 0 radical (unpaired) electrons. The van der Waals surface area contributed by atoms with Crippen molar-refractivity contribution >= 4 is 36.0 Å². The molecule has 10 heteroatoms. The number of carbonyl (C=O) groups is 1. The Bertz CT molecular complexity index is 763. The summed E-state index contributed by atoms with van der Waals surface area (Å²) in [6, 6.07) is 0.0624. The first kappa shape index (κ1) is 26.7. The van der Waals surface area contributed by atoms with E-state index in [9.17, 15) is 4.79 Å². The average Bonchev–Trinajstić information content (AvgIpc) is 3.16. The molecule has 0 aliphatic carbocycles. The molecule has 2 atom stereocenters. The summed E-state index contributed by atoms with van der Waals surface area (Å²) >= 11 is 0. The highest BCUT2D eigenvalue weighted by atomic mass is 127. The average molecular weight is 562 g/mol. The second-order valence-corrected chi connectivity index (χ2v) is 9.27. The molecule has 1 aromatic heterocycles. The van der Waals surface area contributed by atoms with Gasteiger partial charge in [-0.05, 0) is 47.0 Å². The van der Waals surface area contributed by atoms with E-state index >= 15 is 0 Å². The maximum absolute atomic E-state index is 12.7. The number of morpholine rings is 1. The zero-order valence-electron chi connectivity index (χ0n) is 20.0. The molecule has 2 aliphatic heterocycles. The van der Waals surface area contributed by atoms with Crippen molar-refractivity contribution in [2.75, 3.05) is 39.3 Å². The van der Waals surface area contributed by atoms with Crippen LogP contribution in [0, 0.1) is 0 Å². The van der Waals surface area contributed by atoms with Crippen LogP contribution in [-0.4, -0.2) is 82.6 Å². The first-order valence-electron chi connectivity index (χ1n) is 11.4. The zero-order chi connectivity index (χ0) is 22.4. The van der Waals surface area contributed by atoms with Gasteiger partial charge in [0.1, 0.15) is 11.7 Å². The van der Waals surface area contributed by atoms with Crippen LogP contribution < -0.4 is 5.32 Å².